The Hall–Kier alpha value is -0.620. The molecule has 0 aromatic rings. The maximum atomic E-state index is 13.4. The Morgan fingerprint density at radius 1 is 1.13 bits per heavy atom. The number of nitrogens with one attached hydrogen (secondary N) is 1. The van der Waals surface area contributed by atoms with Crippen molar-refractivity contribution in [2.45, 2.75) is 63.7 Å². The molecule has 132 valence electrons. The predicted molar refractivity (Wildman–Crippen MR) is 90.9 cm³/mol. The van der Waals surface area contributed by atoms with Crippen LogP contribution in [-0.2, 0) is 14.6 Å². The SMILES string of the molecule is CC1(C)CC2CC(C)(CN2C(=O)C2(S(C)(=O)=O)CCNCC2)C1. The number of nitrogens with zero attached hydrogens (tertiary/aromatic N) is 1. The molecule has 2 saturated heterocycles. The van der Waals surface area contributed by atoms with E-state index in [9.17, 15) is 13.2 Å². The normalized spacial score (nSPS) is 36.0. The summed E-state index contributed by atoms with van der Waals surface area (Å²) in [7, 11) is -3.43. The van der Waals surface area contributed by atoms with Crippen molar-refractivity contribution in [3.63, 3.8) is 0 Å². The van der Waals surface area contributed by atoms with Crippen molar-refractivity contribution in [1.29, 1.82) is 0 Å². The summed E-state index contributed by atoms with van der Waals surface area (Å²) in [5, 5.41) is 3.19. The Bertz CT molecular complexity index is 607. The average Bonchev–Trinajstić information content (AvgIpc) is 2.66. The number of hydrogen-bond acceptors (Lipinski definition) is 4. The first kappa shape index (κ1) is 17.2. The molecule has 23 heavy (non-hydrogen) atoms. The van der Waals surface area contributed by atoms with Gasteiger partial charge in [-0.05, 0) is 56.0 Å². The summed E-state index contributed by atoms with van der Waals surface area (Å²) in [6, 6.07) is 0.199. The van der Waals surface area contributed by atoms with Crippen LogP contribution in [0.1, 0.15) is 52.9 Å². The molecule has 0 radical (unpaired) electrons. The molecule has 1 saturated carbocycles. The lowest BCUT2D eigenvalue weighted by Crippen LogP contribution is -2.59. The van der Waals surface area contributed by atoms with Crippen molar-refractivity contribution < 1.29 is 13.2 Å². The number of rotatable bonds is 2. The van der Waals surface area contributed by atoms with Gasteiger partial charge in [-0.2, -0.15) is 0 Å². The smallest absolute Gasteiger partial charge is 0.244 e. The third-order valence-electron chi connectivity index (χ3n) is 6.19. The fraction of sp³-hybridized carbons (Fsp3) is 0.941. The van der Waals surface area contributed by atoms with Crippen LogP contribution in [0.5, 0.6) is 0 Å². The highest BCUT2D eigenvalue weighted by atomic mass is 32.2. The van der Waals surface area contributed by atoms with Crippen LogP contribution in [0.15, 0.2) is 0 Å². The summed E-state index contributed by atoms with van der Waals surface area (Å²) in [6.45, 7) is 8.69. The summed E-state index contributed by atoms with van der Waals surface area (Å²) >= 11 is 0. The molecule has 1 aliphatic carbocycles. The summed E-state index contributed by atoms with van der Waals surface area (Å²) in [6.07, 6.45) is 5.13. The number of carbonyl (C=O) groups excluding carboxylic acids is 1. The minimum atomic E-state index is -3.43. The molecule has 0 aromatic carbocycles. The zero-order chi connectivity index (χ0) is 17.1. The molecule has 5 nitrogen and oxygen atoms in total. The van der Waals surface area contributed by atoms with Crippen molar-refractivity contribution in [2.24, 2.45) is 10.8 Å². The van der Waals surface area contributed by atoms with E-state index in [1.54, 1.807) is 0 Å². The number of carbonyl (C=O) groups is 1. The highest BCUT2D eigenvalue weighted by molar-refractivity contribution is 7.92. The zero-order valence-corrected chi connectivity index (χ0v) is 15.6. The second-order valence-electron chi connectivity index (χ2n) is 9.16. The summed E-state index contributed by atoms with van der Waals surface area (Å²) in [5.41, 5.74) is 0.354. The monoisotopic (exact) mass is 342 g/mol. The van der Waals surface area contributed by atoms with Gasteiger partial charge in [-0.1, -0.05) is 20.8 Å². The largest absolute Gasteiger partial charge is 0.338 e. The Labute approximate surface area is 140 Å². The second-order valence-corrected chi connectivity index (χ2v) is 11.5. The lowest BCUT2D eigenvalue weighted by Gasteiger charge is -2.41. The fourth-order valence-corrected chi connectivity index (χ4v) is 6.91. The molecule has 2 atom stereocenters. The van der Waals surface area contributed by atoms with Crippen molar-refractivity contribution in [2.75, 3.05) is 25.9 Å². The van der Waals surface area contributed by atoms with Crippen LogP contribution < -0.4 is 5.32 Å². The van der Waals surface area contributed by atoms with Crippen molar-refractivity contribution >= 4 is 15.7 Å². The molecule has 0 aromatic heterocycles. The van der Waals surface area contributed by atoms with Gasteiger partial charge in [-0.3, -0.25) is 4.79 Å². The van der Waals surface area contributed by atoms with Gasteiger partial charge in [0.2, 0.25) is 5.91 Å². The van der Waals surface area contributed by atoms with Crippen LogP contribution in [-0.4, -0.2) is 55.9 Å². The molecule has 6 heteroatoms. The molecule has 3 rings (SSSR count). The molecule has 3 fully saturated rings. The minimum Gasteiger partial charge on any atom is -0.338 e. The van der Waals surface area contributed by atoms with Crippen LogP contribution in [0.4, 0.5) is 0 Å². The van der Waals surface area contributed by atoms with Gasteiger partial charge in [0.15, 0.2) is 14.6 Å². The summed E-state index contributed by atoms with van der Waals surface area (Å²) in [5.74, 6) is -0.132. The first-order valence-corrected chi connectivity index (χ1v) is 10.6. The van der Waals surface area contributed by atoms with Crippen LogP contribution in [0.3, 0.4) is 0 Å². The van der Waals surface area contributed by atoms with Gasteiger partial charge in [-0.25, -0.2) is 8.42 Å². The number of sulfone groups is 1. The van der Waals surface area contributed by atoms with E-state index in [-0.39, 0.29) is 22.8 Å². The van der Waals surface area contributed by atoms with E-state index in [1.807, 2.05) is 4.90 Å². The number of likely N-dealkylation sites (tertiary alicyclic amines) is 1. The minimum absolute atomic E-state index is 0.132. The Kier molecular flexibility index (Phi) is 3.88. The van der Waals surface area contributed by atoms with E-state index in [2.05, 4.69) is 26.1 Å². The molecule has 1 N–H and O–H groups in total. The van der Waals surface area contributed by atoms with E-state index in [0.717, 1.165) is 19.3 Å². The molecule has 2 bridgehead atoms. The number of hydrogen-bond donors (Lipinski definition) is 1. The maximum Gasteiger partial charge on any atom is 0.244 e. The first-order valence-electron chi connectivity index (χ1n) is 8.70. The average molecular weight is 343 g/mol. The van der Waals surface area contributed by atoms with Crippen molar-refractivity contribution in [1.82, 2.24) is 10.2 Å². The van der Waals surface area contributed by atoms with Gasteiger partial charge >= 0.3 is 0 Å². The van der Waals surface area contributed by atoms with Crippen LogP contribution >= 0.6 is 0 Å². The second kappa shape index (κ2) is 5.19. The lowest BCUT2D eigenvalue weighted by atomic mass is 9.65. The lowest BCUT2D eigenvalue weighted by molar-refractivity contribution is -0.136. The van der Waals surface area contributed by atoms with Gasteiger partial charge in [-0.15, -0.1) is 0 Å². The maximum absolute atomic E-state index is 13.4. The van der Waals surface area contributed by atoms with E-state index in [4.69, 9.17) is 0 Å². The number of piperidine rings is 1. The summed E-state index contributed by atoms with van der Waals surface area (Å²) < 4.78 is 23.8. The van der Waals surface area contributed by atoms with Crippen LogP contribution in [0.25, 0.3) is 0 Å². The van der Waals surface area contributed by atoms with Gasteiger partial charge in [0, 0.05) is 18.8 Å². The predicted octanol–water partition coefficient (Wildman–Crippen LogP) is 1.58. The van der Waals surface area contributed by atoms with Crippen LogP contribution in [0, 0.1) is 10.8 Å². The van der Waals surface area contributed by atoms with Crippen LogP contribution in [0.2, 0.25) is 0 Å². The molecule has 2 aliphatic heterocycles. The third-order valence-corrected chi connectivity index (χ3v) is 8.19. The van der Waals surface area contributed by atoms with E-state index in [1.165, 1.54) is 6.26 Å². The van der Waals surface area contributed by atoms with E-state index in [0.29, 0.717) is 32.5 Å². The molecule has 2 heterocycles. The first-order chi connectivity index (χ1) is 10.5. The zero-order valence-electron chi connectivity index (χ0n) is 14.8. The topological polar surface area (TPSA) is 66.5 Å². The van der Waals surface area contributed by atoms with Gasteiger partial charge in [0.1, 0.15) is 0 Å². The molecule has 3 aliphatic rings. The molecule has 1 amide bonds. The molecule has 0 spiro atoms. The molecule has 2 unspecified atom stereocenters. The van der Waals surface area contributed by atoms with Gasteiger partial charge in [0.25, 0.3) is 0 Å². The van der Waals surface area contributed by atoms with Gasteiger partial charge in [0.05, 0.1) is 0 Å². The highest BCUT2D eigenvalue weighted by Crippen LogP contribution is 2.53. The molecular formula is C17H30N2O3S. The van der Waals surface area contributed by atoms with Gasteiger partial charge < -0.3 is 10.2 Å². The van der Waals surface area contributed by atoms with Crippen molar-refractivity contribution in [3.05, 3.63) is 0 Å². The van der Waals surface area contributed by atoms with Crippen molar-refractivity contribution in [3.8, 4) is 0 Å². The fourth-order valence-electron chi connectivity index (χ4n) is 5.53. The number of amides is 1. The Morgan fingerprint density at radius 2 is 1.74 bits per heavy atom. The Balaban J connectivity index is 1.93. The summed E-state index contributed by atoms with van der Waals surface area (Å²) in [4.78, 5) is 15.3. The quantitative estimate of drug-likeness (QED) is 0.827. The van der Waals surface area contributed by atoms with E-state index < -0.39 is 14.6 Å². The Morgan fingerprint density at radius 3 is 2.30 bits per heavy atom. The highest BCUT2D eigenvalue weighted by Gasteiger charge is 2.57. The standard InChI is InChI=1S/C17H30N2O3S/c1-15(2)9-13-10-16(3,11-15)12-19(13)14(20)17(23(4,21)22)5-7-18-8-6-17/h13,18H,5-12H2,1-4H3. The van der Waals surface area contributed by atoms with E-state index >= 15 is 0 Å². The molecular weight excluding hydrogens is 312 g/mol. The number of fused-ring (bicyclic) bond motifs is 2. The third kappa shape index (κ3) is 2.82.